The van der Waals surface area contributed by atoms with Gasteiger partial charge >= 0.3 is 0 Å². The van der Waals surface area contributed by atoms with Crippen LogP contribution in [-0.4, -0.2) is 40.5 Å². The molecule has 2 aliphatic rings. The van der Waals surface area contributed by atoms with Crippen molar-refractivity contribution in [2.75, 3.05) is 19.8 Å². The lowest BCUT2D eigenvalue weighted by atomic mass is 10.00. The predicted molar refractivity (Wildman–Crippen MR) is 88.4 cm³/mol. The number of nitrogens with zero attached hydrogens (tertiary/aromatic N) is 3. The Bertz CT molecular complexity index is 643. The van der Waals surface area contributed by atoms with Gasteiger partial charge in [-0.05, 0) is 50.2 Å². The van der Waals surface area contributed by atoms with Crippen LogP contribution in [0.3, 0.4) is 0 Å². The van der Waals surface area contributed by atoms with E-state index in [0.717, 1.165) is 69.0 Å². The highest BCUT2D eigenvalue weighted by Crippen LogP contribution is 2.24. The molecule has 0 N–H and O–H groups in total. The zero-order valence-corrected chi connectivity index (χ0v) is 13.6. The van der Waals surface area contributed by atoms with Crippen molar-refractivity contribution in [3.63, 3.8) is 0 Å². The Morgan fingerprint density at radius 1 is 1.13 bits per heavy atom. The average molecular weight is 315 g/mol. The maximum atomic E-state index is 5.93. The van der Waals surface area contributed by atoms with Crippen LogP contribution in [0.4, 0.5) is 0 Å². The van der Waals surface area contributed by atoms with E-state index < -0.39 is 0 Å². The van der Waals surface area contributed by atoms with Gasteiger partial charge in [0.1, 0.15) is 11.3 Å². The number of aromatic nitrogens is 3. The number of hydrogen-bond donors (Lipinski definition) is 0. The van der Waals surface area contributed by atoms with Crippen LogP contribution in [0.5, 0.6) is 0 Å². The molecular formula is C18H25N3O2. The van der Waals surface area contributed by atoms with Gasteiger partial charge in [0.25, 0.3) is 0 Å². The standard InChI is InChI=1S/C18H25N3O2/c1-2-9-23-15(4-1)12-17-20-16-5-3-8-19-18(16)21(17)13-14-6-10-22-11-7-14/h3,5,8,14-15H,1-2,4,6-7,9-13H2. The normalized spacial score (nSPS) is 23.4. The quantitative estimate of drug-likeness (QED) is 0.870. The topological polar surface area (TPSA) is 49.2 Å². The molecule has 1 unspecified atom stereocenters. The molecule has 0 bridgehead atoms. The largest absolute Gasteiger partial charge is 0.381 e. The number of imidazole rings is 1. The van der Waals surface area contributed by atoms with Crippen LogP contribution in [0.15, 0.2) is 18.3 Å². The SMILES string of the molecule is c1cnc2c(c1)nc(CC1CCCCO1)n2CC1CCOCC1. The van der Waals surface area contributed by atoms with E-state index in [9.17, 15) is 0 Å². The first-order valence-corrected chi connectivity index (χ1v) is 8.89. The highest BCUT2D eigenvalue weighted by Gasteiger charge is 2.22. The van der Waals surface area contributed by atoms with E-state index in [4.69, 9.17) is 14.5 Å². The zero-order valence-electron chi connectivity index (χ0n) is 13.6. The second kappa shape index (κ2) is 6.97. The first-order chi connectivity index (χ1) is 11.4. The maximum absolute atomic E-state index is 5.93. The van der Waals surface area contributed by atoms with E-state index >= 15 is 0 Å². The summed E-state index contributed by atoms with van der Waals surface area (Å²) in [5.74, 6) is 1.80. The van der Waals surface area contributed by atoms with E-state index in [1.54, 1.807) is 0 Å². The van der Waals surface area contributed by atoms with E-state index in [2.05, 4.69) is 15.6 Å². The Morgan fingerprint density at radius 3 is 2.87 bits per heavy atom. The summed E-state index contributed by atoms with van der Waals surface area (Å²) in [4.78, 5) is 9.45. The highest BCUT2D eigenvalue weighted by atomic mass is 16.5. The lowest BCUT2D eigenvalue weighted by Crippen LogP contribution is -2.25. The minimum absolute atomic E-state index is 0.314. The van der Waals surface area contributed by atoms with Crippen LogP contribution in [-0.2, 0) is 22.4 Å². The molecule has 1 atom stereocenters. The van der Waals surface area contributed by atoms with Gasteiger partial charge in [-0.1, -0.05) is 0 Å². The second-order valence-corrected chi connectivity index (χ2v) is 6.73. The summed E-state index contributed by atoms with van der Waals surface area (Å²) in [5, 5.41) is 0. The molecule has 5 heteroatoms. The van der Waals surface area contributed by atoms with Gasteiger partial charge in [-0.25, -0.2) is 9.97 Å². The number of pyridine rings is 1. The minimum Gasteiger partial charge on any atom is -0.381 e. The Kier molecular flexibility index (Phi) is 4.57. The molecule has 124 valence electrons. The van der Waals surface area contributed by atoms with Crippen molar-refractivity contribution < 1.29 is 9.47 Å². The first kappa shape index (κ1) is 15.1. The van der Waals surface area contributed by atoms with Crippen LogP contribution >= 0.6 is 0 Å². The van der Waals surface area contributed by atoms with Gasteiger partial charge in [-0.3, -0.25) is 0 Å². The maximum Gasteiger partial charge on any atom is 0.159 e. The molecule has 0 radical (unpaired) electrons. The van der Waals surface area contributed by atoms with E-state index in [-0.39, 0.29) is 0 Å². The van der Waals surface area contributed by atoms with Crippen molar-refractivity contribution in [2.24, 2.45) is 5.92 Å². The van der Waals surface area contributed by atoms with Crippen molar-refractivity contribution in [1.29, 1.82) is 0 Å². The molecular weight excluding hydrogens is 290 g/mol. The molecule has 4 rings (SSSR count). The van der Waals surface area contributed by atoms with Gasteiger partial charge in [-0.2, -0.15) is 0 Å². The number of ether oxygens (including phenoxy) is 2. The van der Waals surface area contributed by atoms with Gasteiger partial charge in [0.05, 0.1) is 6.10 Å². The zero-order chi connectivity index (χ0) is 15.5. The molecule has 2 aromatic rings. The van der Waals surface area contributed by atoms with Gasteiger partial charge in [0, 0.05) is 39.0 Å². The summed E-state index contributed by atoms with van der Waals surface area (Å²) in [7, 11) is 0. The van der Waals surface area contributed by atoms with Crippen molar-refractivity contribution in [3.8, 4) is 0 Å². The van der Waals surface area contributed by atoms with Crippen LogP contribution in [0.2, 0.25) is 0 Å². The van der Waals surface area contributed by atoms with Crippen molar-refractivity contribution in [3.05, 3.63) is 24.2 Å². The lowest BCUT2D eigenvalue weighted by molar-refractivity contribution is 0.0148. The molecule has 2 aliphatic heterocycles. The number of hydrogen-bond acceptors (Lipinski definition) is 4. The second-order valence-electron chi connectivity index (χ2n) is 6.73. The Balaban J connectivity index is 1.60. The summed E-state index contributed by atoms with van der Waals surface area (Å²) in [6.45, 7) is 3.65. The van der Waals surface area contributed by atoms with E-state index in [0.29, 0.717) is 12.0 Å². The Hall–Kier alpha value is -1.46. The molecule has 0 amide bonds. The molecule has 0 spiro atoms. The van der Waals surface area contributed by atoms with Crippen LogP contribution in [0.1, 0.15) is 37.9 Å². The summed E-state index contributed by atoms with van der Waals surface area (Å²) in [6.07, 6.45) is 8.95. The van der Waals surface area contributed by atoms with Crippen molar-refractivity contribution in [1.82, 2.24) is 14.5 Å². The van der Waals surface area contributed by atoms with Crippen LogP contribution in [0, 0.1) is 5.92 Å². The smallest absolute Gasteiger partial charge is 0.159 e. The third kappa shape index (κ3) is 3.40. The average Bonchev–Trinajstić information content (AvgIpc) is 2.94. The molecule has 2 saturated heterocycles. The number of rotatable bonds is 4. The molecule has 23 heavy (non-hydrogen) atoms. The minimum atomic E-state index is 0.314. The molecule has 0 saturated carbocycles. The highest BCUT2D eigenvalue weighted by molar-refractivity contribution is 5.71. The molecule has 0 aromatic carbocycles. The monoisotopic (exact) mass is 315 g/mol. The molecule has 5 nitrogen and oxygen atoms in total. The van der Waals surface area contributed by atoms with Gasteiger partial charge in [0.15, 0.2) is 5.65 Å². The first-order valence-electron chi connectivity index (χ1n) is 8.89. The molecule has 2 aromatic heterocycles. The summed E-state index contributed by atoms with van der Waals surface area (Å²) < 4.78 is 13.8. The fourth-order valence-corrected chi connectivity index (χ4v) is 3.71. The van der Waals surface area contributed by atoms with Crippen LogP contribution < -0.4 is 0 Å². The summed E-state index contributed by atoms with van der Waals surface area (Å²) in [6, 6.07) is 4.03. The lowest BCUT2D eigenvalue weighted by Gasteiger charge is -2.25. The van der Waals surface area contributed by atoms with E-state index in [1.165, 1.54) is 12.8 Å². The summed E-state index contributed by atoms with van der Waals surface area (Å²) in [5.41, 5.74) is 2.02. The molecule has 2 fully saturated rings. The Labute approximate surface area is 137 Å². The fourth-order valence-electron chi connectivity index (χ4n) is 3.71. The summed E-state index contributed by atoms with van der Waals surface area (Å²) >= 11 is 0. The molecule has 0 aliphatic carbocycles. The third-order valence-electron chi connectivity index (χ3n) is 5.05. The number of fused-ring (bicyclic) bond motifs is 1. The fraction of sp³-hybridized carbons (Fsp3) is 0.667. The van der Waals surface area contributed by atoms with Gasteiger partial charge < -0.3 is 14.0 Å². The third-order valence-corrected chi connectivity index (χ3v) is 5.05. The molecule has 4 heterocycles. The van der Waals surface area contributed by atoms with Gasteiger partial charge in [0.2, 0.25) is 0 Å². The Morgan fingerprint density at radius 2 is 2.04 bits per heavy atom. The van der Waals surface area contributed by atoms with Crippen molar-refractivity contribution >= 4 is 11.2 Å². The van der Waals surface area contributed by atoms with E-state index in [1.807, 2.05) is 12.3 Å². The predicted octanol–water partition coefficient (Wildman–Crippen LogP) is 2.97. The van der Waals surface area contributed by atoms with Crippen molar-refractivity contribution in [2.45, 2.75) is 51.2 Å². The van der Waals surface area contributed by atoms with Gasteiger partial charge in [-0.15, -0.1) is 0 Å². The van der Waals surface area contributed by atoms with Crippen LogP contribution in [0.25, 0.3) is 11.2 Å².